The Morgan fingerprint density at radius 1 is 0.889 bits per heavy atom. The van der Waals surface area contributed by atoms with E-state index in [-0.39, 0.29) is 30.4 Å². The van der Waals surface area contributed by atoms with Crippen LogP contribution in [0.4, 0.5) is 11.4 Å². The zero-order valence-electron chi connectivity index (χ0n) is 32.6. The molecule has 3 amide bonds. The summed E-state index contributed by atoms with van der Waals surface area (Å²) in [6, 6.07) is 17.8. The summed E-state index contributed by atoms with van der Waals surface area (Å²) in [6.45, 7) is 11.2. The maximum absolute atomic E-state index is 13.8. The number of anilines is 2. The first kappa shape index (κ1) is 39.8. The number of ether oxygens (including phenoxy) is 3. The van der Waals surface area contributed by atoms with Crippen LogP contribution in [0.15, 0.2) is 66.9 Å². The van der Waals surface area contributed by atoms with Crippen molar-refractivity contribution in [2.75, 3.05) is 64.2 Å². The molecule has 288 valence electrons. The van der Waals surface area contributed by atoms with Crippen molar-refractivity contribution in [3.05, 3.63) is 83.6 Å². The van der Waals surface area contributed by atoms with E-state index < -0.39 is 5.41 Å². The minimum atomic E-state index is -0.660. The molecule has 1 aromatic heterocycles. The van der Waals surface area contributed by atoms with E-state index in [0.29, 0.717) is 52.5 Å². The summed E-state index contributed by atoms with van der Waals surface area (Å²) in [5, 5.41) is 3.75. The summed E-state index contributed by atoms with van der Waals surface area (Å²) in [5.41, 5.74) is 2.72. The van der Waals surface area contributed by atoms with Gasteiger partial charge in [0.05, 0.1) is 41.6 Å². The van der Waals surface area contributed by atoms with E-state index in [1.165, 1.54) is 12.0 Å². The molecule has 0 saturated carbocycles. The Balaban J connectivity index is 1.21. The molecule has 0 unspecified atom stereocenters. The maximum Gasteiger partial charge on any atom is 0.312 e. The molecule has 4 aromatic rings. The molecule has 1 N–H and O–H groups in total. The summed E-state index contributed by atoms with van der Waals surface area (Å²) in [6.07, 6.45) is 4.79. The van der Waals surface area contributed by atoms with Crippen LogP contribution in [0.2, 0.25) is 0 Å². The average Bonchev–Trinajstić information content (AvgIpc) is 3.57. The van der Waals surface area contributed by atoms with Crippen molar-refractivity contribution in [3.8, 4) is 11.5 Å². The normalized spacial score (nSPS) is 13.4. The number of nitrogens with zero attached hydrogens (tertiary/aromatic N) is 4. The second kappa shape index (κ2) is 17.6. The predicted molar refractivity (Wildman–Crippen MR) is 210 cm³/mol. The first-order valence-electron chi connectivity index (χ1n) is 18.5. The summed E-state index contributed by atoms with van der Waals surface area (Å²) >= 11 is 0. The number of benzene rings is 3. The number of carbonyl (C=O) groups excluding carboxylic acids is 4. The van der Waals surface area contributed by atoms with Gasteiger partial charge in [-0.1, -0.05) is 18.2 Å². The Bertz CT molecular complexity index is 1970. The molecule has 1 aliphatic heterocycles. The van der Waals surface area contributed by atoms with Gasteiger partial charge in [-0.3, -0.25) is 19.2 Å². The van der Waals surface area contributed by atoms with E-state index in [1.807, 2.05) is 42.2 Å². The zero-order valence-corrected chi connectivity index (χ0v) is 32.6. The third kappa shape index (κ3) is 9.79. The van der Waals surface area contributed by atoms with Crippen molar-refractivity contribution in [1.82, 2.24) is 14.4 Å². The van der Waals surface area contributed by atoms with Crippen LogP contribution in [0.5, 0.6) is 11.5 Å². The molecule has 12 nitrogen and oxygen atoms in total. The van der Waals surface area contributed by atoms with Crippen molar-refractivity contribution in [2.45, 2.75) is 60.1 Å². The van der Waals surface area contributed by atoms with Crippen molar-refractivity contribution >= 4 is 46.0 Å². The molecule has 54 heavy (non-hydrogen) atoms. The number of piperazine rings is 1. The van der Waals surface area contributed by atoms with Gasteiger partial charge in [0.1, 0.15) is 11.5 Å². The first-order valence-corrected chi connectivity index (χ1v) is 18.5. The van der Waals surface area contributed by atoms with Crippen LogP contribution >= 0.6 is 0 Å². The number of likely N-dealkylation sites (N-methyl/N-ethyl adjacent to an activating group) is 1. The lowest BCUT2D eigenvalue weighted by atomic mass is 9.98. The van der Waals surface area contributed by atoms with Gasteiger partial charge in [-0.2, -0.15) is 0 Å². The van der Waals surface area contributed by atoms with Crippen molar-refractivity contribution in [3.63, 3.8) is 0 Å². The topological polar surface area (TPSA) is 123 Å². The number of para-hydroxylation sites is 1. The number of hydrogen-bond donors (Lipinski definition) is 1. The van der Waals surface area contributed by atoms with Gasteiger partial charge in [0.2, 0.25) is 5.91 Å². The minimum absolute atomic E-state index is 0.0369. The molecular formula is C42H53N5O7. The zero-order chi connectivity index (χ0) is 39.0. The highest BCUT2D eigenvalue weighted by atomic mass is 16.5. The Morgan fingerprint density at radius 2 is 1.65 bits per heavy atom. The van der Waals surface area contributed by atoms with Crippen LogP contribution in [0.3, 0.4) is 0 Å². The quantitative estimate of drug-likeness (QED) is 0.111. The standard InChI is InChI=1S/C42H53N5O7/c1-29-15-18-34(36(26-29)53-25-10-8-9-14-37(48)46-23-21-44(5)22-24-46)45(6)40(50)31-16-17-33(35(27-31)52-7)43-39(49)32-13-11-12-30-19-20-47(38(30)32)28-54-41(51)42(2,3)4/h11-13,15-20,26-27H,8-10,14,21-25,28H2,1-7H3,(H,43,49). The van der Waals surface area contributed by atoms with E-state index >= 15 is 0 Å². The number of methoxy groups -OCH3 is 1. The van der Waals surface area contributed by atoms with Crippen LogP contribution in [-0.4, -0.2) is 92.0 Å². The fourth-order valence-corrected chi connectivity index (χ4v) is 6.28. The monoisotopic (exact) mass is 739 g/mol. The number of nitrogens with one attached hydrogen (secondary N) is 1. The number of unbranched alkanes of at least 4 members (excludes halogenated alkanes) is 2. The van der Waals surface area contributed by atoms with Gasteiger partial charge >= 0.3 is 5.97 Å². The molecule has 1 fully saturated rings. The van der Waals surface area contributed by atoms with Gasteiger partial charge in [-0.25, -0.2) is 0 Å². The molecule has 0 radical (unpaired) electrons. The summed E-state index contributed by atoms with van der Waals surface area (Å²) in [5.74, 6) is 0.117. The Kier molecular flexibility index (Phi) is 13.0. The van der Waals surface area contributed by atoms with Crippen LogP contribution in [-0.2, 0) is 21.1 Å². The lowest BCUT2D eigenvalue weighted by Gasteiger charge is -2.32. The summed E-state index contributed by atoms with van der Waals surface area (Å²) in [7, 11) is 5.25. The molecule has 0 aliphatic carbocycles. The molecule has 1 aliphatic rings. The van der Waals surface area contributed by atoms with Crippen molar-refractivity contribution in [2.24, 2.45) is 5.41 Å². The van der Waals surface area contributed by atoms with E-state index in [0.717, 1.165) is 56.4 Å². The van der Waals surface area contributed by atoms with Crippen LogP contribution in [0.1, 0.15) is 72.7 Å². The third-order valence-corrected chi connectivity index (χ3v) is 9.61. The lowest BCUT2D eigenvalue weighted by molar-refractivity contribution is -0.156. The van der Waals surface area contributed by atoms with Gasteiger partial charge in [0.15, 0.2) is 6.73 Å². The molecule has 0 atom stereocenters. The van der Waals surface area contributed by atoms with Gasteiger partial charge in [-0.05, 0) is 102 Å². The van der Waals surface area contributed by atoms with Crippen LogP contribution in [0, 0.1) is 12.3 Å². The molecule has 12 heteroatoms. The molecule has 3 aromatic carbocycles. The summed E-state index contributed by atoms with van der Waals surface area (Å²) in [4.78, 5) is 58.2. The number of fused-ring (bicyclic) bond motifs is 1. The Hall–Kier alpha value is -5.36. The number of rotatable bonds is 14. The average molecular weight is 740 g/mol. The number of esters is 1. The molecule has 5 rings (SSSR count). The molecular weight excluding hydrogens is 686 g/mol. The molecule has 1 saturated heterocycles. The fourth-order valence-electron chi connectivity index (χ4n) is 6.28. The Labute approximate surface area is 317 Å². The van der Waals surface area contributed by atoms with Crippen LogP contribution in [0.25, 0.3) is 10.9 Å². The van der Waals surface area contributed by atoms with Crippen molar-refractivity contribution in [1.29, 1.82) is 0 Å². The lowest BCUT2D eigenvalue weighted by Crippen LogP contribution is -2.47. The number of carbonyl (C=O) groups is 4. The Morgan fingerprint density at radius 3 is 2.37 bits per heavy atom. The highest BCUT2D eigenvalue weighted by molar-refractivity contribution is 6.13. The summed E-state index contributed by atoms with van der Waals surface area (Å²) < 4.78 is 19.1. The van der Waals surface area contributed by atoms with Gasteiger partial charge < -0.3 is 38.8 Å². The molecule has 0 bridgehead atoms. The smallest absolute Gasteiger partial charge is 0.312 e. The van der Waals surface area contributed by atoms with Gasteiger partial charge in [-0.15, -0.1) is 0 Å². The number of aromatic nitrogens is 1. The third-order valence-electron chi connectivity index (χ3n) is 9.61. The van der Waals surface area contributed by atoms with E-state index in [2.05, 4.69) is 17.3 Å². The van der Waals surface area contributed by atoms with E-state index in [4.69, 9.17) is 14.2 Å². The largest absolute Gasteiger partial charge is 0.495 e. The SMILES string of the molecule is COc1cc(C(=O)N(C)c2ccc(C)cc2OCCCCCC(=O)N2CCN(C)CC2)ccc1NC(=O)c1cccc2ccn(COC(=O)C(C)(C)C)c12. The molecule has 2 heterocycles. The number of amides is 3. The van der Waals surface area contributed by atoms with Gasteiger partial charge in [0, 0.05) is 56.8 Å². The highest BCUT2D eigenvalue weighted by Crippen LogP contribution is 2.33. The van der Waals surface area contributed by atoms with E-state index in [1.54, 1.807) is 68.9 Å². The second-order valence-corrected chi connectivity index (χ2v) is 14.9. The van der Waals surface area contributed by atoms with Crippen molar-refractivity contribution < 1.29 is 33.4 Å². The number of aryl methyl sites for hydroxylation is 1. The minimum Gasteiger partial charge on any atom is -0.495 e. The first-order chi connectivity index (χ1) is 25.8. The fraction of sp³-hybridized carbons (Fsp3) is 0.429. The predicted octanol–water partition coefficient (Wildman–Crippen LogP) is 6.75. The number of hydrogen-bond acceptors (Lipinski definition) is 8. The highest BCUT2D eigenvalue weighted by Gasteiger charge is 2.25. The van der Waals surface area contributed by atoms with Gasteiger partial charge in [0.25, 0.3) is 11.8 Å². The second-order valence-electron chi connectivity index (χ2n) is 14.9. The van der Waals surface area contributed by atoms with Crippen LogP contribution < -0.4 is 19.7 Å². The van der Waals surface area contributed by atoms with E-state index in [9.17, 15) is 19.2 Å². The molecule has 0 spiro atoms. The maximum atomic E-state index is 13.8.